The van der Waals surface area contributed by atoms with E-state index in [9.17, 15) is 4.39 Å². The van der Waals surface area contributed by atoms with E-state index in [1.807, 2.05) is 0 Å². The lowest BCUT2D eigenvalue weighted by Crippen LogP contribution is -2.15. The zero-order chi connectivity index (χ0) is 9.97. The maximum absolute atomic E-state index is 13.3. The van der Waals surface area contributed by atoms with Crippen molar-refractivity contribution in [2.24, 2.45) is 10.7 Å². The molecule has 1 aliphatic rings. The lowest BCUT2D eigenvalue weighted by atomic mass is 10.1. The van der Waals surface area contributed by atoms with Crippen LogP contribution in [-0.2, 0) is 4.74 Å². The molecule has 0 aromatic heterocycles. The van der Waals surface area contributed by atoms with Crippen molar-refractivity contribution in [3.63, 3.8) is 0 Å². The van der Waals surface area contributed by atoms with Gasteiger partial charge in [0.25, 0.3) is 0 Å². The fraction of sp³-hybridized carbons (Fsp3) is 0.300. The Hall–Kier alpha value is -1.42. The van der Waals surface area contributed by atoms with Crippen LogP contribution < -0.4 is 5.73 Å². The van der Waals surface area contributed by atoms with Crippen LogP contribution in [0.25, 0.3) is 0 Å². The zero-order valence-corrected chi connectivity index (χ0v) is 7.61. The van der Waals surface area contributed by atoms with Crippen LogP contribution in [0.1, 0.15) is 11.7 Å². The molecule has 1 aromatic rings. The molecule has 0 amide bonds. The first-order chi connectivity index (χ1) is 6.81. The summed E-state index contributed by atoms with van der Waals surface area (Å²) < 4.78 is 18.7. The third-order valence-corrected chi connectivity index (χ3v) is 2.14. The van der Waals surface area contributed by atoms with Gasteiger partial charge in [-0.15, -0.1) is 0 Å². The molecule has 0 saturated carbocycles. The minimum atomic E-state index is -0.310. The van der Waals surface area contributed by atoms with Crippen LogP contribution in [-0.4, -0.2) is 19.0 Å². The Morgan fingerprint density at radius 2 is 2.29 bits per heavy atom. The number of hydrogen-bond acceptors (Lipinski definition) is 3. The summed E-state index contributed by atoms with van der Waals surface area (Å²) in [4.78, 5) is 4.06. The number of ether oxygens (including phenoxy) is 1. The fourth-order valence-electron chi connectivity index (χ4n) is 1.43. The van der Waals surface area contributed by atoms with Crippen LogP contribution in [0.4, 0.5) is 4.39 Å². The first-order valence-electron chi connectivity index (χ1n) is 4.45. The van der Waals surface area contributed by atoms with E-state index in [0.717, 1.165) is 0 Å². The van der Waals surface area contributed by atoms with E-state index in [1.165, 1.54) is 6.07 Å². The van der Waals surface area contributed by atoms with Crippen molar-refractivity contribution >= 4 is 5.90 Å². The molecule has 0 bridgehead atoms. The van der Waals surface area contributed by atoms with Gasteiger partial charge in [-0.2, -0.15) is 0 Å². The van der Waals surface area contributed by atoms with Crippen molar-refractivity contribution in [3.8, 4) is 0 Å². The molecule has 0 fully saturated rings. The average molecular weight is 194 g/mol. The van der Waals surface area contributed by atoms with E-state index in [2.05, 4.69) is 4.99 Å². The highest BCUT2D eigenvalue weighted by molar-refractivity contribution is 5.79. The fourth-order valence-corrected chi connectivity index (χ4v) is 1.43. The number of benzene rings is 1. The molecule has 1 heterocycles. The summed E-state index contributed by atoms with van der Waals surface area (Å²) in [5.41, 5.74) is 5.90. The molecule has 0 radical (unpaired) electrons. The molecular weight excluding hydrogens is 183 g/mol. The van der Waals surface area contributed by atoms with Crippen LogP contribution in [0.15, 0.2) is 29.3 Å². The Morgan fingerprint density at radius 3 is 2.93 bits per heavy atom. The van der Waals surface area contributed by atoms with Gasteiger partial charge in [0.2, 0.25) is 0 Å². The van der Waals surface area contributed by atoms with Gasteiger partial charge in [-0.05, 0) is 6.07 Å². The quantitative estimate of drug-likeness (QED) is 0.770. The predicted octanol–water partition coefficient (Wildman–Crippen LogP) is 1.25. The highest BCUT2D eigenvalue weighted by Gasteiger charge is 2.22. The Labute approximate surface area is 81.4 Å². The average Bonchev–Trinajstić information content (AvgIpc) is 2.67. The summed E-state index contributed by atoms with van der Waals surface area (Å²) >= 11 is 0. The largest absolute Gasteiger partial charge is 0.470 e. The second-order valence-corrected chi connectivity index (χ2v) is 3.07. The van der Waals surface area contributed by atoms with Crippen LogP contribution in [0.2, 0.25) is 0 Å². The Bertz CT molecular complexity index is 365. The predicted molar refractivity (Wildman–Crippen MR) is 51.6 cm³/mol. The topological polar surface area (TPSA) is 47.6 Å². The van der Waals surface area contributed by atoms with Gasteiger partial charge in [0.05, 0.1) is 13.1 Å². The molecule has 4 heteroatoms. The molecule has 3 nitrogen and oxygen atoms in total. The van der Waals surface area contributed by atoms with Crippen LogP contribution >= 0.6 is 0 Å². The van der Waals surface area contributed by atoms with Crippen molar-refractivity contribution < 1.29 is 9.13 Å². The Kier molecular flexibility index (Phi) is 2.45. The molecule has 1 aliphatic heterocycles. The molecule has 0 saturated heterocycles. The van der Waals surface area contributed by atoms with Gasteiger partial charge < -0.3 is 10.5 Å². The van der Waals surface area contributed by atoms with Crippen LogP contribution in [0.3, 0.4) is 0 Å². The number of rotatable bonds is 2. The zero-order valence-electron chi connectivity index (χ0n) is 7.61. The third kappa shape index (κ3) is 1.61. The monoisotopic (exact) mass is 194 g/mol. The van der Waals surface area contributed by atoms with Crippen LogP contribution in [0.5, 0.6) is 0 Å². The van der Waals surface area contributed by atoms with E-state index in [-0.39, 0.29) is 18.5 Å². The second kappa shape index (κ2) is 3.75. The number of hydrogen-bond donors (Lipinski definition) is 1. The normalized spacial score (nSPS) is 20.4. The van der Waals surface area contributed by atoms with Gasteiger partial charge in [-0.3, -0.25) is 4.99 Å². The van der Waals surface area contributed by atoms with Gasteiger partial charge in [-0.25, -0.2) is 4.39 Å². The minimum Gasteiger partial charge on any atom is -0.470 e. The van der Waals surface area contributed by atoms with Crippen molar-refractivity contribution in [2.45, 2.75) is 6.10 Å². The van der Waals surface area contributed by atoms with E-state index >= 15 is 0 Å². The third-order valence-electron chi connectivity index (χ3n) is 2.14. The molecule has 74 valence electrons. The van der Waals surface area contributed by atoms with Crippen molar-refractivity contribution in [1.82, 2.24) is 0 Å². The lowest BCUT2D eigenvalue weighted by Gasteiger charge is -2.11. The van der Waals surface area contributed by atoms with Gasteiger partial charge in [0.15, 0.2) is 5.90 Å². The maximum atomic E-state index is 13.3. The molecule has 1 atom stereocenters. The summed E-state index contributed by atoms with van der Waals surface area (Å²) in [5.74, 6) is 0.240. The maximum Gasteiger partial charge on any atom is 0.198 e. The Balaban J connectivity index is 2.16. The molecule has 2 rings (SSSR count). The van der Waals surface area contributed by atoms with Gasteiger partial charge in [0, 0.05) is 5.56 Å². The molecule has 2 N–H and O–H groups in total. The summed E-state index contributed by atoms with van der Waals surface area (Å²) in [6.45, 7) is 0.721. The van der Waals surface area contributed by atoms with Gasteiger partial charge in [-0.1, -0.05) is 18.2 Å². The van der Waals surface area contributed by atoms with Gasteiger partial charge >= 0.3 is 0 Å². The van der Waals surface area contributed by atoms with Crippen molar-refractivity contribution in [2.75, 3.05) is 13.1 Å². The molecular formula is C10H11FN2O. The van der Waals surface area contributed by atoms with Crippen molar-refractivity contribution in [1.29, 1.82) is 0 Å². The molecule has 14 heavy (non-hydrogen) atoms. The highest BCUT2D eigenvalue weighted by Crippen LogP contribution is 2.24. The van der Waals surface area contributed by atoms with Gasteiger partial charge in [0.1, 0.15) is 11.9 Å². The van der Waals surface area contributed by atoms with E-state index in [4.69, 9.17) is 10.5 Å². The standard InChI is InChI=1S/C10H11FN2O/c11-8-4-2-1-3-7(8)9-6-13-10(5-12)14-9/h1-4,9H,5-6,12H2. The van der Waals surface area contributed by atoms with E-state index < -0.39 is 0 Å². The molecule has 0 aliphatic carbocycles. The number of halogens is 1. The molecule has 1 unspecified atom stereocenters. The number of aliphatic imine (C=N–C) groups is 1. The van der Waals surface area contributed by atoms with Crippen molar-refractivity contribution in [3.05, 3.63) is 35.6 Å². The molecule has 0 spiro atoms. The number of nitrogens with two attached hydrogens (primary N) is 1. The summed E-state index contributed by atoms with van der Waals surface area (Å²) in [7, 11) is 0. The highest BCUT2D eigenvalue weighted by atomic mass is 19.1. The minimum absolute atomic E-state index is 0.258. The lowest BCUT2D eigenvalue weighted by molar-refractivity contribution is 0.220. The Morgan fingerprint density at radius 1 is 1.50 bits per heavy atom. The second-order valence-electron chi connectivity index (χ2n) is 3.07. The molecule has 1 aromatic carbocycles. The van der Waals surface area contributed by atoms with E-state index in [1.54, 1.807) is 18.2 Å². The number of nitrogens with zero attached hydrogens (tertiary/aromatic N) is 1. The summed E-state index contributed by atoms with van der Waals surface area (Å²) in [6, 6.07) is 6.55. The first kappa shape index (κ1) is 9.15. The summed E-state index contributed by atoms with van der Waals surface area (Å²) in [5, 5.41) is 0. The SMILES string of the molecule is NCC1=NCC(c2ccccc2F)O1. The first-order valence-corrected chi connectivity index (χ1v) is 4.45. The summed E-state index contributed by atoms with van der Waals surface area (Å²) in [6.07, 6.45) is -0.310. The smallest absolute Gasteiger partial charge is 0.198 e. The van der Waals surface area contributed by atoms with Crippen LogP contribution in [0, 0.1) is 5.82 Å². The van der Waals surface area contributed by atoms with E-state index in [0.29, 0.717) is 18.0 Å².